The van der Waals surface area contributed by atoms with Gasteiger partial charge in [0.15, 0.2) is 0 Å². The third kappa shape index (κ3) is 4.00. The van der Waals surface area contributed by atoms with Crippen molar-refractivity contribution in [1.29, 1.82) is 0 Å². The standard InChI is InChI=1S/C8H18N4/c1-3-4-5-11-7(2)8(6-9)12-10/h3-4,6-7,11-12H,5,9-10H2,1-2H3/b4-3+,8-6-. The number of hydrazine groups is 1. The van der Waals surface area contributed by atoms with Crippen LogP contribution in [0.3, 0.4) is 0 Å². The lowest BCUT2D eigenvalue weighted by Crippen LogP contribution is -2.37. The van der Waals surface area contributed by atoms with E-state index in [9.17, 15) is 0 Å². The fraction of sp³-hybridized carbons (Fsp3) is 0.500. The van der Waals surface area contributed by atoms with Crippen molar-refractivity contribution in [3.8, 4) is 0 Å². The summed E-state index contributed by atoms with van der Waals surface area (Å²) in [5.74, 6) is 5.23. The molecule has 0 aliphatic rings. The van der Waals surface area contributed by atoms with E-state index >= 15 is 0 Å². The third-order valence-electron chi connectivity index (χ3n) is 1.59. The van der Waals surface area contributed by atoms with Crippen LogP contribution >= 0.6 is 0 Å². The Morgan fingerprint density at radius 1 is 1.58 bits per heavy atom. The predicted molar refractivity (Wildman–Crippen MR) is 51.9 cm³/mol. The summed E-state index contributed by atoms with van der Waals surface area (Å²) in [6.07, 6.45) is 5.48. The summed E-state index contributed by atoms with van der Waals surface area (Å²) >= 11 is 0. The molecule has 0 aliphatic heterocycles. The minimum Gasteiger partial charge on any atom is -0.403 e. The van der Waals surface area contributed by atoms with Crippen LogP contribution in [-0.2, 0) is 0 Å². The number of hydrogen-bond acceptors (Lipinski definition) is 4. The average molecular weight is 170 g/mol. The van der Waals surface area contributed by atoms with Crippen molar-refractivity contribution in [2.24, 2.45) is 11.6 Å². The van der Waals surface area contributed by atoms with Crippen molar-refractivity contribution in [2.45, 2.75) is 19.9 Å². The molecule has 0 bridgehead atoms. The fourth-order valence-electron chi connectivity index (χ4n) is 0.790. The van der Waals surface area contributed by atoms with E-state index in [-0.39, 0.29) is 6.04 Å². The second-order valence-corrected chi connectivity index (χ2v) is 2.47. The lowest BCUT2D eigenvalue weighted by atomic mass is 10.2. The average Bonchev–Trinajstić information content (AvgIpc) is 2.07. The Morgan fingerprint density at radius 3 is 2.67 bits per heavy atom. The first-order valence-electron chi connectivity index (χ1n) is 3.99. The van der Waals surface area contributed by atoms with Crippen LogP contribution in [0, 0.1) is 0 Å². The topological polar surface area (TPSA) is 76.1 Å². The van der Waals surface area contributed by atoms with Crippen molar-refractivity contribution in [3.63, 3.8) is 0 Å². The van der Waals surface area contributed by atoms with Crippen LogP contribution in [0.1, 0.15) is 13.8 Å². The minimum atomic E-state index is 0.149. The van der Waals surface area contributed by atoms with Gasteiger partial charge in [-0.15, -0.1) is 0 Å². The molecule has 0 radical (unpaired) electrons. The molecule has 4 nitrogen and oxygen atoms in total. The highest BCUT2D eigenvalue weighted by Crippen LogP contribution is 1.92. The van der Waals surface area contributed by atoms with Gasteiger partial charge in [0.2, 0.25) is 0 Å². The SMILES string of the molecule is C/C=C/CNC(C)/C(=C/N)NN. The maximum atomic E-state index is 5.33. The van der Waals surface area contributed by atoms with Gasteiger partial charge in [-0.25, -0.2) is 0 Å². The molecule has 70 valence electrons. The highest BCUT2D eigenvalue weighted by molar-refractivity contribution is 5.04. The van der Waals surface area contributed by atoms with Crippen LogP contribution in [0.5, 0.6) is 0 Å². The number of allylic oxidation sites excluding steroid dienone is 1. The van der Waals surface area contributed by atoms with E-state index in [0.29, 0.717) is 0 Å². The van der Waals surface area contributed by atoms with Crippen LogP contribution in [0.2, 0.25) is 0 Å². The van der Waals surface area contributed by atoms with E-state index < -0.39 is 0 Å². The Balaban J connectivity index is 3.77. The zero-order valence-electron chi connectivity index (χ0n) is 7.67. The van der Waals surface area contributed by atoms with Crippen LogP contribution in [0.4, 0.5) is 0 Å². The minimum absolute atomic E-state index is 0.149. The molecular weight excluding hydrogens is 152 g/mol. The summed E-state index contributed by atoms with van der Waals surface area (Å²) in [7, 11) is 0. The van der Waals surface area contributed by atoms with Gasteiger partial charge in [0.1, 0.15) is 0 Å². The third-order valence-corrected chi connectivity index (χ3v) is 1.59. The molecule has 0 rings (SSSR count). The summed E-state index contributed by atoms with van der Waals surface area (Å²) in [6, 6.07) is 0.149. The number of nitrogens with one attached hydrogen (secondary N) is 2. The lowest BCUT2D eigenvalue weighted by Gasteiger charge is -2.15. The van der Waals surface area contributed by atoms with Gasteiger partial charge in [-0.1, -0.05) is 12.2 Å². The van der Waals surface area contributed by atoms with Gasteiger partial charge in [0, 0.05) is 18.8 Å². The number of nitrogens with two attached hydrogens (primary N) is 2. The van der Waals surface area contributed by atoms with Crippen LogP contribution in [0.25, 0.3) is 0 Å². The second kappa shape index (κ2) is 6.69. The smallest absolute Gasteiger partial charge is 0.0580 e. The molecule has 1 unspecified atom stereocenters. The largest absolute Gasteiger partial charge is 0.403 e. The molecule has 4 heteroatoms. The Kier molecular flexibility index (Phi) is 6.14. The molecule has 0 saturated heterocycles. The maximum Gasteiger partial charge on any atom is 0.0580 e. The summed E-state index contributed by atoms with van der Waals surface area (Å²) in [5.41, 5.74) is 8.65. The zero-order valence-corrected chi connectivity index (χ0v) is 7.67. The molecule has 0 aromatic carbocycles. The summed E-state index contributed by atoms with van der Waals surface area (Å²) in [5, 5.41) is 3.21. The van der Waals surface area contributed by atoms with Gasteiger partial charge >= 0.3 is 0 Å². The Labute approximate surface area is 73.7 Å². The quantitative estimate of drug-likeness (QED) is 0.262. The first-order valence-corrected chi connectivity index (χ1v) is 3.99. The van der Waals surface area contributed by atoms with E-state index in [2.05, 4.69) is 10.7 Å². The van der Waals surface area contributed by atoms with E-state index in [1.807, 2.05) is 26.0 Å². The molecule has 0 spiro atoms. The maximum absolute atomic E-state index is 5.33. The molecule has 0 heterocycles. The molecule has 0 saturated carbocycles. The number of rotatable bonds is 5. The summed E-state index contributed by atoms with van der Waals surface area (Å²) < 4.78 is 0. The highest BCUT2D eigenvalue weighted by atomic mass is 15.2. The van der Waals surface area contributed by atoms with Crippen LogP contribution in [-0.4, -0.2) is 12.6 Å². The van der Waals surface area contributed by atoms with Crippen LogP contribution < -0.4 is 22.3 Å². The predicted octanol–water partition coefficient (Wildman–Crippen LogP) is -0.196. The van der Waals surface area contributed by atoms with Crippen LogP contribution in [0.15, 0.2) is 24.0 Å². The summed E-state index contributed by atoms with van der Waals surface area (Å²) in [6.45, 7) is 4.78. The molecule has 1 atom stereocenters. The molecule has 0 aromatic heterocycles. The Hall–Kier alpha value is -1.00. The van der Waals surface area contributed by atoms with Crippen molar-refractivity contribution < 1.29 is 0 Å². The molecule has 12 heavy (non-hydrogen) atoms. The molecule has 0 aromatic rings. The van der Waals surface area contributed by atoms with E-state index in [1.54, 1.807) is 0 Å². The summed E-state index contributed by atoms with van der Waals surface area (Å²) in [4.78, 5) is 0. The normalized spacial score (nSPS) is 15.1. The monoisotopic (exact) mass is 170 g/mol. The first kappa shape index (κ1) is 11.0. The van der Waals surface area contributed by atoms with E-state index in [0.717, 1.165) is 12.2 Å². The van der Waals surface area contributed by atoms with Gasteiger partial charge in [-0.3, -0.25) is 5.84 Å². The van der Waals surface area contributed by atoms with Gasteiger partial charge in [0.05, 0.1) is 5.70 Å². The first-order chi connectivity index (χ1) is 5.76. The number of hydrogen-bond donors (Lipinski definition) is 4. The zero-order chi connectivity index (χ0) is 9.40. The Morgan fingerprint density at radius 2 is 2.25 bits per heavy atom. The van der Waals surface area contributed by atoms with Crippen molar-refractivity contribution in [1.82, 2.24) is 10.7 Å². The van der Waals surface area contributed by atoms with E-state index in [1.165, 1.54) is 6.20 Å². The van der Waals surface area contributed by atoms with Gasteiger partial charge in [-0.2, -0.15) is 0 Å². The van der Waals surface area contributed by atoms with E-state index in [4.69, 9.17) is 11.6 Å². The van der Waals surface area contributed by atoms with Crippen molar-refractivity contribution in [2.75, 3.05) is 6.54 Å². The second-order valence-electron chi connectivity index (χ2n) is 2.47. The Bertz CT molecular complexity index is 162. The van der Waals surface area contributed by atoms with Gasteiger partial charge < -0.3 is 16.5 Å². The van der Waals surface area contributed by atoms with Crippen molar-refractivity contribution in [3.05, 3.63) is 24.0 Å². The molecule has 0 fully saturated rings. The molecular formula is C8H18N4. The lowest BCUT2D eigenvalue weighted by molar-refractivity contribution is 0.606. The van der Waals surface area contributed by atoms with Crippen molar-refractivity contribution >= 4 is 0 Å². The molecule has 0 amide bonds. The molecule has 6 N–H and O–H groups in total. The fourth-order valence-corrected chi connectivity index (χ4v) is 0.790. The van der Waals surface area contributed by atoms with Gasteiger partial charge in [0.25, 0.3) is 0 Å². The molecule has 0 aliphatic carbocycles. The highest BCUT2D eigenvalue weighted by Gasteiger charge is 2.03. The van der Waals surface area contributed by atoms with Gasteiger partial charge in [-0.05, 0) is 13.8 Å².